The van der Waals surface area contributed by atoms with Crippen LogP contribution in [-0.4, -0.2) is 29.8 Å². The molecule has 0 aromatic carbocycles. The maximum atomic E-state index is 5.10. The van der Waals surface area contributed by atoms with Crippen LogP contribution in [0.2, 0.25) is 0 Å². The van der Waals surface area contributed by atoms with Crippen molar-refractivity contribution in [1.29, 1.82) is 0 Å². The molecule has 0 aliphatic carbocycles. The number of ether oxygens (including phenoxy) is 1. The molecule has 0 fully saturated rings. The third-order valence-electron chi connectivity index (χ3n) is 1.71. The molecule has 5 heteroatoms. The molecule has 0 saturated carbocycles. The second kappa shape index (κ2) is 6.01. The lowest BCUT2D eigenvalue weighted by Crippen LogP contribution is -2.26. The molecule has 1 unspecified atom stereocenters. The predicted molar refractivity (Wildman–Crippen MR) is 52.8 cm³/mol. The van der Waals surface area contributed by atoms with E-state index in [9.17, 15) is 0 Å². The van der Waals surface area contributed by atoms with E-state index in [4.69, 9.17) is 4.74 Å². The summed E-state index contributed by atoms with van der Waals surface area (Å²) in [6.07, 6.45) is 1.11. The van der Waals surface area contributed by atoms with Crippen molar-refractivity contribution in [3.63, 3.8) is 0 Å². The first kappa shape index (κ1) is 10.6. The van der Waals surface area contributed by atoms with Gasteiger partial charge in [0.25, 0.3) is 0 Å². The van der Waals surface area contributed by atoms with Gasteiger partial charge in [-0.15, -0.1) is 5.10 Å². The largest absolute Gasteiger partial charge is 0.383 e. The molecule has 13 heavy (non-hydrogen) atoms. The zero-order valence-electron chi connectivity index (χ0n) is 7.99. The summed E-state index contributed by atoms with van der Waals surface area (Å²) in [6.45, 7) is 3.76. The molecule has 0 saturated heterocycles. The molecule has 1 atom stereocenters. The third kappa shape index (κ3) is 3.38. The van der Waals surface area contributed by atoms with E-state index in [-0.39, 0.29) is 6.04 Å². The van der Waals surface area contributed by atoms with Gasteiger partial charge in [-0.2, -0.15) is 0 Å². The monoisotopic (exact) mass is 201 g/mol. The lowest BCUT2D eigenvalue weighted by molar-refractivity contribution is 0.165. The average molecular weight is 201 g/mol. The van der Waals surface area contributed by atoms with E-state index in [2.05, 4.69) is 21.8 Å². The Morgan fingerprint density at radius 3 is 3.08 bits per heavy atom. The van der Waals surface area contributed by atoms with Crippen LogP contribution in [-0.2, 0) is 4.74 Å². The molecule has 0 spiro atoms. The highest BCUT2D eigenvalue weighted by Crippen LogP contribution is 2.10. The van der Waals surface area contributed by atoms with Gasteiger partial charge in [-0.25, -0.2) is 0 Å². The number of rotatable bonds is 6. The van der Waals surface area contributed by atoms with Crippen LogP contribution in [0.25, 0.3) is 0 Å². The molecule has 74 valence electrons. The first-order valence-electron chi connectivity index (χ1n) is 4.37. The molecule has 1 N–H and O–H groups in total. The molecule has 0 bridgehead atoms. The van der Waals surface area contributed by atoms with Crippen LogP contribution in [0.15, 0.2) is 5.38 Å². The zero-order valence-corrected chi connectivity index (χ0v) is 8.80. The van der Waals surface area contributed by atoms with Crippen LogP contribution in [0.5, 0.6) is 0 Å². The summed E-state index contributed by atoms with van der Waals surface area (Å²) in [4.78, 5) is 0. The number of aromatic nitrogens is 2. The SMILES string of the molecule is CCCNC(COC)c1csnn1. The minimum Gasteiger partial charge on any atom is -0.383 e. The average Bonchev–Trinajstić information content (AvgIpc) is 2.65. The topological polar surface area (TPSA) is 47.0 Å². The van der Waals surface area contributed by atoms with Crippen LogP contribution in [0, 0.1) is 0 Å². The number of hydrogen-bond acceptors (Lipinski definition) is 5. The van der Waals surface area contributed by atoms with Crippen molar-refractivity contribution in [2.45, 2.75) is 19.4 Å². The number of nitrogens with one attached hydrogen (secondary N) is 1. The van der Waals surface area contributed by atoms with Gasteiger partial charge in [-0.3, -0.25) is 0 Å². The fraction of sp³-hybridized carbons (Fsp3) is 0.750. The minimum atomic E-state index is 0.184. The van der Waals surface area contributed by atoms with Crippen LogP contribution in [0.3, 0.4) is 0 Å². The number of nitrogens with zero attached hydrogens (tertiary/aromatic N) is 2. The van der Waals surface area contributed by atoms with Gasteiger partial charge in [0.2, 0.25) is 0 Å². The maximum absolute atomic E-state index is 5.10. The van der Waals surface area contributed by atoms with Gasteiger partial charge in [-0.05, 0) is 24.5 Å². The van der Waals surface area contributed by atoms with E-state index >= 15 is 0 Å². The Morgan fingerprint density at radius 2 is 2.54 bits per heavy atom. The Kier molecular flexibility index (Phi) is 4.88. The van der Waals surface area contributed by atoms with Gasteiger partial charge in [0, 0.05) is 12.5 Å². The smallest absolute Gasteiger partial charge is 0.0948 e. The summed E-state index contributed by atoms with van der Waals surface area (Å²) in [5, 5.41) is 9.32. The van der Waals surface area contributed by atoms with E-state index in [1.807, 2.05) is 5.38 Å². The standard InChI is InChI=1S/C8H15N3OS/c1-3-4-9-7(5-12-2)8-6-13-11-10-8/h6-7,9H,3-5H2,1-2H3. The van der Waals surface area contributed by atoms with Crippen LogP contribution in [0.4, 0.5) is 0 Å². The Bertz CT molecular complexity index is 215. The molecule has 1 heterocycles. The zero-order chi connectivity index (χ0) is 9.52. The van der Waals surface area contributed by atoms with Crippen molar-refractivity contribution in [3.05, 3.63) is 11.1 Å². The van der Waals surface area contributed by atoms with Gasteiger partial charge in [0.15, 0.2) is 0 Å². The summed E-state index contributed by atoms with van der Waals surface area (Å²) in [7, 11) is 1.69. The molecule has 1 rings (SSSR count). The fourth-order valence-electron chi connectivity index (χ4n) is 1.06. The highest BCUT2D eigenvalue weighted by atomic mass is 32.1. The normalized spacial score (nSPS) is 13.1. The maximum Gasteiger partial charge on any atom is 0.0948 e. The van der Waals surface area contributed by atoms with Gasteiger partial charge < -0.3 is 10.1 Å². The summed E-state index contributed by atoms with van der Waals surface area (Å²) in [6, 6.07) is 0.184. The summed E-state index contributed by atoms with van der Waals surface area (Å²) < 4.78 is 8.93. The van der Waals surface area contributed by atoms with Gasteiger partial charge in [0.1, 0.15) is 0 Å². The summed E-state index contributed by atoms with van der Waals surface area (Å²) in [5.41, 5.74) is 0.973. The number of methoxy groups -OCH3 is 1. The summed E-state index contributed by atoms with van der Waals surface area (Å²) in [5.74, 6) is 0. The molecule has 4 nitrogen and oxygen atoms in total. The van der Waals surface area contributed by atoms with Crippen molar-refractivity contribution in [2.24, 2.45) is 0 Å². The molecule has 0 radical (unpaired) electrons. The molecule has 1 aromatic heterocycles. The van der Waals surface area contributed by atoms with Crippen LogP contribution in [0.1, 0.15) is 25.1 Å². The minimum absolute atomic E-state index is 0.184. The molecular formula is C8H15N3OS. The van der Waals surface area contributed by atoms with Crippen LogP contribution < -0.4 is 5.32 Å². The van der Waals surface area contributed by atoms with E-state index in [0.29, 0.717) is 6.61 Å². The Labute approximate surface area is 82.5 Å². The second-order valence-electron chi connectivity index (χ2n) is 2.79. The van der Waals surface area contributed by atoms with Crippen molar-refractivity contribution in [2.75, 3.05) is 20.3 Å². The first-order chi connectivity index (χ1) is 6.38. The number of hydrogen-bond donors (Lipinski definition) is 1. The summed E-state index contributed by atoms with van der Waals surface area (Å²) >= 11 is 1.37. The molecule has 1 aromatic rings. The van der Waals surface area contributed by atoms with E-state index < -0.39 is 0 Å². The Morgan fingerprint density at radius 1 is 1.69 bits per heavy atom. The quantitative estimate of drug-likeness (QED) is 0.752. The molecule has 0 amide bonds. The highest BCUT2D eigenvalue weighted by Gasteiger charge is 2.12. The van der Waals surface area contributed by atoms with Crippen molar-refractivity contribution in [1.82, 2.24) is 14.9 Å². The predicted octanol–water partition coefficient (Wildman–Crippen LogP) is 1.23. The van der Waals surface area contributed by atoms with Gasteiger partial charge >= 0.3 is 0 Å². The van der Waals surface area contributed by atoms with Gasteiger partial charge in [-0.1, -0.05) is 11.4 Å². The Hall–Kier alpha value is -0.520. The molecular weight excluding hydrogens is 186 g/mol. The van der Waals surface area contributed by atoms with Crippen molar-refractivity contribution >= 4 is 11.5 Å². The molecule has 0 aliphatic rings. The van der Waals surface area contributed by atoms with Crippen molar-refractivity contribution < 1.29 is 4.74 Å². The lowest BCUT2D eigenvalue weighted by atomic mass is 10.2. The Balaban J connectivity index is 2.47. The van der Waals surface area contributed by atoms with E-state index in [0.717, 1.165) is 18.7 Å². The molecule has 0 aliphatic heterocycles. The highest BCUT2D eigenvalue weighted by molar-refractivity contribution is 7.03. The van der Waals surface area contributed by atoms with E-state index in [1.165, 1.54) is 11.5 Å². The second-order valence-corrected chi connectivity index (χ2v) is 3.40. The lowest BCUT2D eigenvalue weighted by Gasteiger charge is -2.14. The van der Waals surface area contributed by atoms with Crippen molar-refractivity contribution in [3.8, 4) is 0 Å². The third-order valence-corrected chi connectivity index (χ3v) is 2.23. The van der Waals surface area contributed by atoms with Gasteiger partial charge in [0.05, 0.1) is 18.3 Å². The first-order valence-corrected chi connectivity index (χ1v) is 5.21. The van der Waals surface area contributed by atoms with Crippen LogP contribution >= 0.6 is 11.5 Å². The fourth-order valence-corrected chi connectivity index (χ4v) is 1.57. The van der Waals surface area contributed by atoms with E-state index in [1.54, 1.807) is 7.11 Å².